The number of aromatic nitrogens is 2. The number of carbonyl (C=O) groups is 1. The molecule has 0 bridgehead atoms. The molecule has 134 valence electrons. The summed E-state index contributed by atoms with van der Waals surface area (Å²) in [4.78, 5) is 16.6. The minimum absolute atomic E-state index is 0.0654. The molecule has 1 aromatic rings. The molecule has 3 heterocycles. The maximum absolute atomic E-state index is 12.2. The number of aryl methyl sites for hydroxylation is 2. The molecule has 2 N–H and O–H groups in total. The van der Waals surface area contributed by atoms with E-state index in [0.717, 1.165) is 57.9 Å². The molecule has 0 saturated carbocycles. The molecule has 2 saturated heterocycles. The number of hydrogen-bond acceptors (Lipinski definition) is 4. The smallest absolute Gasteiger partial charge is 0.317 e. The highest BCUT2D eigenvalue weighted by Crippen LogP contribution is 2.14. The van der Waals surface area contributed by atoms with Crippen molar-refractivity contribution in [2.45, 2.75) is 38.7 Å². The van der Waals surface area contributed by atoms with Gasteiger partial charge in [0.15, 0.2) is 0 Å². The number of carbonyl (C=O) groups excluding carboxylic acids is 1. The third kappa shape index (κ3) is 4.70. The van der Waals surface area contributed by atoms with E-state index >= 15 is 0 Å². The number of amides is 2. The van der Waals surface area contributed by atoms with Crippen LogP contribution >= 0.6 is 0 Å². The second-order valence-corrected chi connectivity index (χ2v) is 6.78. The van der Waals surface area contributed by atoms with Crippen molar-refractivity contribution in [3.05, 3.63) is 17.5 Å². The van der Waals surface area contributed by atoms with Gasteiger partial charge in [0.1, 0.15) is 0 Å². The van der Waals surface area contributed by atoms with E-state index in [2.05, 4.69) is 20.4 Å². The molecule has 0 radical (unpaired) electrons. The lowest BCUT2D eigenvalue weighted by atomic mass is 10.1. The highest BCUT2D eigenvalue weighted by atomic mass is 16.5. The van der Waals surface area contributed by atoms with E-state index in [0.29, 0.717) is 12.6 Å². The van der Waals surface area contributed by atoms with Gasteiger partial charge in [-0.2, -0.15) is 5.10 Å². The molecule has 1 unspecified atom stereocenters. The van der Waals surface area contributed by atoms with Gasteiger partial charge in [-0.1, -0.05) is 0 Å². The third-order valence-corrected chi connectivity index (χ3v) is 4.98. The Labute approximate surface area is 143 Å². The Morgan fingerprint density at radius 3 is 2.92 bits per heavy atom. The van der Waals surface area contributed by atoms with Gasteiger partial charge in [-0.05, 0) is 38.2 Å². The molecule has 2 aliphatic rings. The van der Waals surface area contributed by atoms with E-state index in [9.17, 15) is 4.79 Å². The zero-order chi connectivity index (χ0) is 16.8. The summed E-state index contributed by atoms with van der Waals surface area (Å²) >= 11 is 0. The first-order chi connectivity index (χ1) is 11.7. The largest absolute Gasteiger partial charge is 0.377 e. The maximum Gasteiger partial charge on any atom is 0.317 e. The molecule has 7 nitrogen and oxygen atoms in total. The number of urea groups is 1. The van der Waals surface area contributed by atoms with Crippen LogP contribution in [0.15, 0.2) is 6.20 Å². The third-order valence-electron chi connectivity index (χ3n) is 4.98. The predicted molar refractivity (Wildman–Crippen MR) is 92.0 cm³/mol. The quantitative estimate of drug-likeness (QED) is 0.765. The van der Waals surface area contributed by atoms with Gasteiger partial charge in [0.05, 0.1) is 12.3 Å². The maximum atomic E-state index is 12.2. The highest BCUT2D eigenvalue weighted by molar-refractivity contribution is 5.74. The van der Waals surface area contributed by atoms with Gasteiger partial charge in [-0.25, -0.2) is 4.79 Å². The number of H-pyrrole nitrogens is 1. The van der Waals surface area contributed by atoms with Crippen molar-refractivity contribution in [2.24, 2.45) is 0 Å². The van der Waals surface area contributed by atoms with Gasteiger partial charge in [0.2, 0.25) is 0 Å². The van der Waals surface area contributed by atoms with Gasteiger partial charge < -0.3 is 15.0 Å². The lowest BCUT2D eigenvalue weighted by Gasteiger charge is -2.35. The fourth-order valence-electron chi connectivity index (χ4n) is 3.42. The van der Waals surface area contributed by atoms with Crippen molar-refractivity contribution in [1.29, 1.82) is 0 Å². The Morgan fingerprint density at radius 1 is 1.42 bits per heavy atom. The summed E-state index contributed by atoms with van der Waals surface area (Å²) in [6.07, 6.45) is 6.51. The minimum Gasteiger partial charge on any atom is -0.377 e. The average molecular weight is 335 g/mol. The summed E-state index contributed by atoms with van der Waals surface area (Å²) in [7, 11) is 0. The predicted octanol–water partition coefficient (Wildman–Crippen LogP) is 1.16. The fraction of sp³-hybridized carbons (Fsp3) is 0.765. The monoisotopic (exact) mass is 335 g/mol. The van der Waals surface area contributed by atoms with Crippen molar-refractivity contribution >= 4 is 6.03 Å². The van der Waals surface area contributed by atoms with E-state index in [1.54, 1.807) is 0 Å². The van der Waals surface area contributed by atoms with Crippen LogP contribution in [0, 0.1) is 6.92 Å². The zero-order valence-electron chi connectivity index (χ0n) is 14.6. The second kappa shape index (κ2) is 8.48. The van der Waals surface area contributed by atoms with Crippen LogP contribution in [0.5, 0.6) is 0 Å². The van der Waals surface area contributed by atoms with Crippen LogP contribution in [0.1, 0.15) is 30.5 Å². The molecular formula is C17H29N5O2. The number of nitrogens with zero attached hydrogens (tertiary/aromatic N) is 3. The Kier molecular flexibility index (Phi) is 6.09. The lowest BCUT2D eigenvalue weighted by molar-refractivity contribution is 0.0561. The van der Waals surface area contributed by atoms with E-state index < -0.39 is 0 Å². The van der Waals surface area contributed by atoms with Crippen molar-refractivity contribution in [3.8, 4) is 0 Å². The Morgan fingerprint density at radius 2 is 2.25 bits per heavy atom. The fourth-order valence-corrected chi connectivity index (χ4v) is 3.42. The zero-order valence-corrected chi connectivity index (χ0v) is 14.6. The molecule has 24 heavy (non-hydrogen) atoms. The summed E-state index contributed by atoms with van der Waals surface area (Å²) in [6.45, 7) is 8.16. The molecule has 0 aromatic carbocycles. The van der Waals surface area contributed by atoms with Crippen LogP contribution in [0.3, 0.4) is 0 Å². The molecular weight excluding hydrogens is 306 g/mol. The Hall–Kier alpha value is -1.60. The average Bonchev–Trinajstić information content (AvgIpc) is 3.24. The molecule has 2 aliphatic heterocycles. The van der Waals surface area contributed by atoms with E-state index in [4.69, 9.17) is 4.74 Å². The summed E-state index contributed by atoms with van der Waals surface area (Å²) in [5, 5.41) is 9.99. The topological polar surface area (TPSA) is 73.5 Å². The van der Waals surface area contributed by atoms with Crippen LogP contribution in [0.25, 0.3) is 0 Å². The SMILES string of the molecule is Cc1[nH]ncc1CCCNC(=O)N1CCN(CC2CCCO2)CC1. The summed E-state index contributed by atoms with van der Waals surface area (Å²) in [5.74, 6) is 0. The number of ether oxygens (including phenoxy) is 1. The molecule has 0 aliphatic carbocycles. The standard InChI is InChI=1S/C17H29N5O2/c1-14-15(12-19-20-14)4-2-6-18-17(23)22-9-7-21(8-10-22)13-16-5-3-11-24-16/h12,16H,2-11,13H2,1H3,(H,18,23)(H,19,20). The molecule has 0 spiro atoms. The molecule has 2 amide bonds. The number of nitrogens with one attached hydrogen (secondary N) is 2. The van der Waals surface area contributed by atoms with Gasteiger partial charge in [0.25, 0.3) is 0 Å². The first kappa shape index (κ1) is 17.2. The van der Waals surface area contributed by atoms with Crippen LogP contribution < -0.4 is 5.32 Å². The van der Waals surface area contributed by atoms with E-state index in [1.165, 1.54) is 18.4 Å². The number of piperazine rings is 1. The van der Waals surface area contributed by atoms with Gasteiger partial charge in [-0.3, -0.25) is 10.00 Å². The number of rotatable bonds is 6. The van der Waals surface area contributed by atoms with E-state index in [-0.39, 0.29) is 6.03 Å². The van der Waals surface area contributed by atoms with Crippen LogP contribution in [0.4, 0.5) is 4.79 Å². The van der Waals surface area contributed by atoms with Crippen LogP contribution in [0.2, 0.25) is 0 Å². The molecule has 1 aromatic heterocycles. The highest BCUT2D eigenvalue weighted by Gasteiger charge is 2.24. The molecule has 3 rings (SSSR count). The van der Waals surface area contributed by atoms with Crippen LogP contribution in [-0.2, 0) is 11.2 Å². The van der Waals surface area contributed by atoms with Crippen molar-refractivity contribution in [2.75, 3.05) is 45.9 Å². The summed E-state index contributed by atoms with van der Waals surface area (Å²) in [6, 6.07) is 0.0654. The Bertz CT molecular complexity index is 519. The van der Waals surface area contributed by atoms with E-state index in [1.807, 2.05) is 18.0 Å². The number of hydrogen-bond donors (Lipinski definition) is 2. The van der Waals surface area contributed by atoms with Crippen molar-refractivity contribution in [1.82, 2.24) is 25.3 Å². The summed E-state index contributed by atoms with van der Waals surface area (Å²) in [5.41, 5.74) is 2.34. The summed E-state index contributed by atoms with van der Waals surface area (Å²) < 4.78 is 5.69. The van der Waals surface area contributed by atoms with Gasteiger partial charge in [-0.15, -0.1) is 0 Å². The normalized spacial score (nSPS) is 22.0. The Balaban J connectivity index is 1.29. The van der Waals surface area contributed by atoms with Crippen molar-refractivity contribution in [3.63, 3.8) is 0 Å². The lowest BCUT2D eigenvalue weighted by Crippen LogP contribution is -2.53. The number of aromatic amines is 1. The first-order valence-electron chi connectivity index (χ1n) is 9.08. The van der Waals surface area contributed by atoms with Crippen LogP contribution in [-0.4, -0.2) is 78.0 Å². The first-order valence-corrected chi connectivity index (χ1v) is 9.08. The second-order valence-electron chi connectivity index (χ2n) is 6.78. The molecule has 1 atom stereocenters. The molecule has 2 fully saturated rings. The van der Waals surface area contributed by atoms with Gasteiger partial charge in [0, 0.05) is 51.6 Å². The molecule has 7 heteroatoms. The van der Waals surface area contributed by atoms with Gasteiger partial charge >= 0.3 is 6.03 Å². The van der Waals surface area contributed by atoms with Crippen molar-refractivity contribution < 1.29 is 9.53 Å². The minimum atomic E-state index is 0.0654.